The number of carbonyl (C=O) groups is 2. The molecule has 1 saturated heterocycles. The van der Waals surface area contributed by atoms with Crippen molar-refractivity contribution in [3.05, 3.63) is 70.2 Å². The van der Waals surface area contributed by atoms with Gasteiger partial charge in [0.2, 0.25) is 5.96 Å². The number of nitrogens with one attached hydrogen (secondary N) is 2. The average Bonchev–Trinajstić information content (AvgIpc) is 3.07. The molecule has 0 aromatic heterocycles. The summed E-state index contributed by atoms with van der Waals surface area (Å²) in [7, 11) is 1.62. The maximum Gasteiger partial charge on any atom is 0.325 e. The fraction of sp³-hybridized carbons (Fsp3) is 0.200. The van der Waals surface area contributed by atoms with Gasteiger partial charge in [0.05, 0.1) is 6.21 Å². The van der Waals surface area contributed by atoms with Gasteiger partial charge >= 0.3 is 6.03 Å². The Bertz CT molecular complexity index is 976. The molecule has 2 aliphatic heterocycles. The van der Waals surface area contributed by atoms with Crippen LogP contribution in [-0.4, -0.2) is 53.2 Å². The Balaban J connectivity index is 1.58. The second-order valence-electron chi connectivity index (χ2n) is 6.75. The number of hydrogen-bond acceptors (Lipinski definition) is 6. The van der Waals surface area contributed by atoms with Crippen LogP contribution in [0.25, 0.3) is 0 Å². The predicted octanol–water partition coefficient (Wildman–Crippen LogP) is 2.12. The molecule has 0 spiro atoms. The Kier molecular flexibility index (Phi) is 5.30. The molecule has 9 heteroatoms. The first kappa shape index (κ1) is 19.1. The van der Waals surface area contributed by atoms with Crippen LogP contribution in [-0.2, 0) is 11.3 Å². The number of carbonyl (C=O) groups excluding carboxylic acids is 2. The number of fused-ring (bicyclic) bond motifs is 1. The highest BCUT2D eigenvalue weighted by atomic mass is 79.9. The Hall–Kier alpha value is -3.20. The van der Waals surface area contributed by atoms with Crippen LogP contribution < -0.4 is 10.7 Å². The fourth-order valence-corrected chi connectivity index (χ4v) is 3.55. The summed E-state index contributed by atoms with van der Waals surface area (Å²) in [6.07, 6.45) is 1.07. The lowest BCUT2D eigenvalue weighted by Gasteiger charge is -2.36. The SMILES string of the molecule is CN1C(=O)NC(=O)C2C1N=C(N/N=C/c1ccc(Br)cc1)N2Cc1ccccc1. The second-order valence-corrected chi connectivity index (χ2v) is 7.67. The van der Waals surface area contributed by atoms with Gasteiger partial charge in [0.1, 0.15) is 0 Å². The molecule has 0 radical (unpaired) electrons. The van der Waals surface area contributed by atoms with Crippen LogP contribution in [0.15, 0.2) is 69.2 Å². The molecular weight excluding hydrogens is 436 g/mol. The maximum atomic E-state index is 12.6. The van der Waals surface area contributed by atoms with Gasteiger partial charge in [-0.2, -0.15) is 5.10 Å². The molecule has 2 atom stereocenters. The normalized spacial score (nSPS) is 21.2. The van der Waals surface area contributed by atoms with Crippen molar-refractivity contribution in [2.45, 2.75) is 18.8 Å². The van der Waals surface area contributed by atoms with E-state index in [0.717, 1.165) is 15.6 Å². The van der Waals surface area contributed by atoms with E-state index in [1.807, 2.05) is 59.5 Å². The Morgan fingerprint density at radius 3 is 2.62 bits per heavy atom. The van der Waals surface area contributed by atoms with Crippen molar-refractivity contribution >= 4 is 40.0 Å². The molecule has 2 aromatic carbocycles. The van der Waals surface area contributed by atoms with E-state index in [4.69, 9.17) is 0 Å². The average molecular weight is 455 g/mol. The molecule has 148 valence electrons. The van der Waals surface area contributed by atoms with Gasteiger partial charge in [-0.15, -0.1) is 0 Å². The second kappa shape index (κ2) is 8.04. The molecule has 2 aromatic rings. The molecule has 2 heterocycles. The molecule has 1 fully saturated rings. The Morgan fingerprint density at radius 1 is 1.17 bits per heavy atom. The van der Waals surface area contributed by atoms with Gasteiger partial charge in [-0.3, -0.25) is 10.1 Å². The fourth-order valence-electron chi connectivity index (χ4n) is 3.29. The smallest absolute Gasteiger partial charge is 0.321 e. The first-order valence-corrected chi connectivity index (χ1v) is 9.83. The summed E-state index contributed by atoms with van der Waals surface area (Å²) < 4.78 is 0.986. The van der Waals surface area contributed by atoms with Crippen LogP contribution in [0.2, 0.25) is 0 Å². The van der Waals surface area contributed by atoms with Crippen molar-refractivity contribution in [1.29, 1.82) is 0 Å². The summed E-state index contributed by atoms with van der Waals surface area (Å²) >= 11 is 3.40. The molecule has 8 nitrogen and oxygen atoms in total. The highest BCUT2D eigenvalue weighted by molar-refractivity contribution is 9.10. The zero-order chi connectivity index (χ0) is 20.4. The number of halogens is 1. The molecule has 4 rings (SSSR count). The van der Waals surface area contributed by atoms with Gasteiger partial charge in [-0.25, -0.2) is 15.2 Å². The lowest BCUT2D eigenvalue weighted by Crippen LogP contribution is -2.63. The number of imide groups is 1. The molecule has 2 N–H and O–H groups in total. The van der Waals surface area contributed by atoms with Gasteiger partial charge < -0.3 is 9.80 Å². The molecule has 2 unspecified atom stereocenters. The number of benzene rings is 2. The number of aliphatic imine (C=N–C) groups is 1. The zero-order valence-corrected chi connectivity index (χ0v) is 17.2. The summed E-state index contributed by atoms with van der Waals surface area (Å²) in [5, 5.41) is 6.66. The summed E-state index contributed by atoms with van der Waals surface area (Å²) in [5.41, 5.74) is 4.88. The minimum Gasteiger partial charge on any atom is -0.321 e. The van der Waals surface area contributed by atoms with E-state index >= 15 is 0 Å². The number of amides is 3. The van der Waals surface area contributed by atoms with Crippen LogP contribution in [0.1, 0.15) is 11.1 Å². The lowest BCUT2D eigenvalue weighted by atomic mass is 10.1. The monoisotopic (exact) mass is 454 g/mol. The Labute approximate surface area is 176 Å². The molecule has 0 saturated carbocycles. The van der Waals surface area contributed by atoms with E-state index in [-0.39, 0.29) is 5.91 Å². The minimum atomic E-state index is -0.622. The van der Waals surface area contributed by atoms with Gasteiger partial charge in [0.15, 0.2) is 12.2 Å². The van der Waals surface area contributed by atoms with E-state index in [0.29, 0.717) is 12.5 Å². The molecular formula is C20H19BrN6O2. The summed E-state index contributed by atoms with van der Waals surface area (Å²) in [6.45, 7) is 0.455. The van der Waals surface area contributed by atoms with Gasteiger partial charge in [0.25, 0.3) is 5.91 Å². The Morgan fingerprint density at radius 2 is 1.90 bits per heavy atom. The van der Waals surface area contributed by atoms with Gasteiger partial charge in [-0.1, -0.05) is 58.4 Å². The van der Waals surface area contributed by atoms with Crippen LogP contribution in [0, 0.1) is 0 Å². The maximum absolute atomic E-state index is 12.6. The first-order chi connectivity index (χ1) is 14.0. The number of nitrogens with zero attached hydrogens (tertiary/aromatic N) is 4. The third-order valence-electron chi connectivity index (χ3n) is 4.80. The highest BCUT2D eigenvalue weighted by Crippen LogP contribution is 2.25. The van der Waals surface area contributed by atoms with Crippen molar-refractivity contribution in [1.82, 2.24) is 20.5 Å². The summed E-state index contributed by atoms with van der Waals surface area (Å²) in [5.74, 6) is 0.0698. The number of likely N-dealkylation sites (N-methyl/N-ethyl adjacent to an activating group) is 1. The molecule has 0 bridgehead atoms. The zero-order valence-electron chi connectivity index (χ0n) is 15.6. The predicted molar refractivity (Wildman–Crippen MR) is 113 cm³/mol. The largest absolute Gasteiger partial charge is 0.325 e. The van der Waals surface area contributed by atoms with E-state index in [1.54, 1.807) is 13.3 Å². The van der Waals surface area contributed by atoms with Gasteiger partial charge in [0, 0.05) is 18.1 Å². The van der Waals surface area contributed by atoms with E-state index in [2.05, 4.69) is 36.8 Å². The van der Waals surface area contributed by atoms with Crippen molar-refractivity contribution in [2.24, 2.45) is 10.1 Å². The number of guanidine groups is 1. The first-order valence-electron chi connectivity index (χ1n) is 9.03. The standard InChI is InChI=1S/C20H19BrN6O2/c1-26-17-16(18(28)24-20(26)29)27(12-14-5-3-2-4-6-14)19(23-17)25-22-11-13-7-9-15(21)10-8-13/h2-11,16-17H,12H2,1H3,(H,23,25)(H,24,28,29)/b22-11+. The highest BCUT2D eigenvalue weighted by Gasteiger charge is 2.48. The summed E-state index contributed by atoms with van der Waals surface area (Å²) in [6, 6.07) is 16.4. The van der Waals surface area contributed by atoms with Crippen molar-refractivity contribution < 1.29 is 9.59 Å². The van der Waals surface area contributed by atoms with Gasteiger partial charge in [-0.05, 0) is 23.3 Å². The molecule has 2 aliphatic rings. The number of rotatable bonds is 4. The number of hydrazone groups is 1. The topological polar surface area (TPSA) is 89.4 Å². The van der Waals surface area contributed by atoms with E-state index in [1.165, 1.54) is 4.90 Å². The number of hydrogen-bond donors (Lipinski definition) is 2. The van der Waals surface area contributed by atoms with E-state index < -0.39 is 18.2 Å². The number of urea groups is 1. The van der Waals surface area contributed by atoms with Crippen molar-refractivity contribution in [3.8, 4) is 0 Å². The molecule has 0 aliphatic carbocycles. The lowest BCUT2D eigenvalue weighted by molar-refractivity contribution is -0.127. The summed E-state index contributed by atoms with van der Waals surface area (Å²) in [4.78, 5) is 32.4. The minimum absolute atomic E-state index is 0.369. The van der Waals surface area contributed by atoms with Crippen LogP contribution >= 0.6 is 15.9 Å². The van der Waals surface area contributed by atoms with Crippen LogP contribution in [0.5, 0.6) is 0 Å². The van der Waals surface area contributed by atoms with Crippen LogP contribution in [0.3, 0.4) is 0 Å². The quantitative estimate of drug-likeness (QED) is 0.546. The van der Waals surface area contributed by atoms with Crippen LogP contribution in [0.4, 0.5) is 4.79 Å². The third-order valence-corrected chi connectivity index (χ3v) is 5.33. The van der Waals surface area contributed by atoms with Crippen molar-refractivity contribution in [2.75, 3.05) is 7.05 Å². The third kappa shape index (κ3) is 4.00. The molecule has 3 amide bonds. The van der Waals surface area contributed by atoms with E-state index in [9.17, 15) is 9.59 Å². The van der Waals surface area contributed by atoms with Crippen molar-refractivity contribution in [3.63, 3.8) is 0 Å². The molecule has 29 heavy (non-hydrogen) atoms.